The van der Waals surface area contributed by atoms with Crippen molar-refractivity contribution in [3.63, 3.8) is 0 Å². The van der Waals surface area contributed by atoms with Crippen LogP contribution in [0.5, 0.6) is 17.2 Å². The van der Waals surface area contributed by atoms with E-state index in [1.54, 1.807) is 42.5 Å². The predicted octanol–water partition coefficient (Wildman–Crippen LogP) is 4.67. The smallest absolute Gasteiger partial charge is 0.343 e. The number of carbonyl (C=O) groups is 2. The third-order valence-corrected chi connectivity index (χ3v) is 4.35. The third kappa shape index (κ3) is 3.87. The Hall–Kier alpha value is -3.93. The van der Waals surface area contributed by atoms with Gasteiger partial charge in [-0.2, -0.15) is 0 Å². The normalized spacial score (nSPS) is 13.7. The van der Waals surface area contributed by atoms with Gasteiger partial charge in [0.25, 0.3) is 0 Å². The van der Waals surface area contributed by atoms with E-state index in [1.165, 1.54) is 37.5 Å². The molecular weight excluding hydrogens is 375 g/mol. The molecule has 0 bridgehead atoms. The number of methoxy groups -OCH3 is 1. The van der Waals surface area contributed by atoms with Gasteiger partial charge in [-0.05, 0) is 60.2 Å². The molecule has 3 aromatic rings. The maximum absolute atomic E-state index is 13.0. The number of hydrogen-bond acceptors (Lipinski definition) is 5. The van der Waals surface area contributed by atoms with Gasteiger partial charge in [-0.25, -0.2) is 9.18 Å². The van der Waals surface area contributed by atoms with Gasteiger partial charge < -0.3 is 14.2 Å². The molecule has 0 saturated heterocycles. The minimum Gasteiger partial charge on any atom is -0.497 e. The summed E-state index contributed by atoms with van der Waals surface area (Å²) < 4.78 is 29.1. The second kappa shape index (κ2) is 7.59. The zero-order valence-electron chi connectivity index (χ0n) is 15.3. The molecule has 1 heterocycles. The van der Waals surface area contributed by atoms with Crippen molar-refractivity contribution in [2.45, 2.75) is 0 Å². The summed E-state index contributed by atoms with van der Waals surface area (Å²) in [4.78, 5) is 24.8. The Morgan fingerprint density at radius 1 is 0.966 bits per heavy atom. The summed E-state index contributed by atoms with van der Waals surface area (Å²) in [5, 5.41) is 0. The molecule has 0 fully saturated rings. The van der Waals surface area contributed by atoms with Crippen LogP contribution in [0.25, 0.3) is 6.08 Å². The van der Waals surface area contributed by atoms with Gasteiger partial charge in [-0.15, -0.1) is 0 Å². The molecule has 0 spiro atoms. The molecule has 0 unspecified atom stereocenters. The lowest BCUT2D eigenvalue weighted by Gasteiger charge is -2.06. The van der Waals surface area contributed by atoms with Gasteiger partial charge in [0.1, 0.15) is 23.1 Å². The summed E-state index contributed by atoms with van der Waals surface area (Å²) in [6, 6.07) is 16.8. The van der Waals surface area contributed by atoms with Crippen LogP contribution >= 0.6 is 0 Å². The SMILES string of the molecule is COc1ccc(C(=O)Oc2ccc3c(c2)O/C(=C\c2ccc(F)cc2)C3=O)cc1. The Labute approximate surface area is 166 Å². The second-order valence-corrected chi connectivity index (χ2v) is 6.27. The van der Waals surface area contributed by atoms with Crippen LogP contribution in [-0.4, -0.2) is 18.9 Å². The quantitative estimate of drug-likeness (QED) is 0.368. The molecule has 144 valence electrons. The Kier molecular flexibility index (Phi) is 4.83. The summed E-state index contributed by atoms with van der Waals surface area (Å²) in [6.07, 6.45) is 1.53. The minimum absolute atomic E-state index is 0.116. The number of halogens is 1. The Morgan fingerprint density at radius 2 is 1.66 bits per heavy atom. The lowest BCUT2D eigenvalue weighted by molar-refractivity contribution is 0.0734. The molecule has 29 heavy (non-hydrogen) atoms. The van der Waals surface area contributed by atoms with Gasteiger partial charge in [0.05, 0.1) is 18.2 Å². The van der Waals surface area contributed by atoms with Crippen LogP contribution in [0.2, 0.25) is 0 Å². The standard InChI is InChI=1S/C23H15FO5/c1-27-17-8-4-15(5-9-17)23(26)28-18-10-11-19-20(13-18)29-21(22(19)25)12-14-2-6-16(24)7-3-14/h2-13H,1H3/b21-12-. The monoisotopic (exact) mass is 390 g/mol. The number of carbonyl (C=O) groups excluding carboxylic acids is 2. The lowest BCUT2D eigenvalue weighted by atomic mass is 10.1. The van der Waals surface area contributed by atoms with E-state index >= 15 is 0 Å². The molecular formula is C23H15FO5. The number of hydrogen-bond donors (Lipinski definition) is 0. The first-order chi connectivity index (χ1) is 14.0. The first-order valence-corrected chi connectivity index (χ1v) is 8.73. The molecule has 6 heteroatoms. The maximum Gasteiger partial charge on any atom is 0.343 e. The summed E-state index contributed by atoms with van der Waals surface area (Å²) >= 11 is 0. The topological polar surface area (TPSA) is 61.8 Å². The second-order valence-electron chi connectivity index (χ2n) is 6.27. The van der Waals surface area contributed by atoms with Crippen molar-refractivity contribution in [3.8, 4) is 17.2 Å². The number of benzene rings is 3. The van der Waals surface area contributed by atoms with Crippen molar-refractivity contribution in [3.05, 3.63) is 95.0 Å². The molecule has 0 aliphatic carbocycles. The van der Waals surface area contributed by atoms with Crippen LogP contribution < -0.4 is 14.2 Å². The number of rotatable bonds is 4. The van der Waals surface area contributed by atoms with Crippen LogP contribution in [0.15, 0.2) is 72.5 Å². The van der Waals surface area contributed by atoms with Crippen LogP contribution in [0.1, 0.15) is 26.3 Å². The number of allylic oxidation sites excluding steroid dienone is 1. The Bertz CT molecular complexity index is 1120. The largest absolute Gasteiger partial charge is 0.497 e. The van der Waals surface area contributed by atoms with Crippen molar-refractivity contribution < 1.29 is 28.2 Å². The van der Waals surface area contributed by atoms with E-state index in [4.69, 9.17) is 14.2 Å². The molecule has 3 aromatic carbocycles. The average molecular weight is 390 g/mol. The Balaban J connectivity index is 1.52. The fourth-order valence-electron chi connectivity index (χ4n) is 2.83. The van der Waals surface area contributed by atoms with Gasteiger partial charge in [-0.3, -0.25) is 4.79 Å². The molecule has 5 nitrogen and oxygen atoms in total. The van der Waals surface area contributed by atoms with Crippen LogP contribution in [0.4, 0.5) is 4.39 Å². The zero-order chi connectivity index (χ0) is 20.4. The van der Waals surface area contributed by atoms with E-state index in [0.717, 1.165) is 0 Å². The molecule has 0 N–H and O–H groups in total. The predicted molar refractivity (Wildman–Crippen MR) is 104 cm³/mol. The molecule has 0 aromatic heterocycles. The molecule has 0 atom stereocenters. The summed E-state index contributed by atoms with van der Waals surface area (Å²) in [6.45, 7) is 0. The molecule has 4 rings (SSSR count). The number of Topliss-reactive ketones (excluding diaryl/α,β-unsaturated/α-hetero) is 1. The van der Waals surface area contributed by atoms with Crippen molar-refractivity contribution >= 4 is 17.8 Å². The highest BCUT2D eigenvalue weighted by molar-refractivity contribution is 6.14. The molecule has 0 radical (unpaired) electrons. The van der Waals surface area contributed by atoms with Gasteiger partial charge >= 0.3 is 5.97 Å². The van der Waals surface area contributed by atoms with Gasteiger partial charge in [0.15, 0.2) is 5.76 Å². The van der Waals surface area contributed by atoms with Gasteiger partial charge in [-0.1, -0.05) is 12.1 Å². The van der Waals surface area contributed by atoms with E-state index in [9.17, 15) is 14.0 Å². The average Bonchev–Trinajstić information content (AvgIpc) is 3.04. The van der Waals surface area contributed by atoms with Crippen LogP contribution in [0.3, 0.4) is 0 Å². The van der Waals surface area contributed by atoms with Gasteiger partial charge in [0, 0.05) is 6.07 Å². The summed E-state index contributed by atoms with van der Waals surface area (Å²) in [7, 11) is 1.54. The van der Waals surface area contributed by atoms with Crippen molar-refractivity contribution in [2.24, 2.45) is 0 Å². The van der Waals surface area contributed by atoms with Crippen LogP contribution in [0, 0.1) is 5.82 Å². The number of ether oxygens (including phenoxy) is 3. The highest BCUT2D eigenvalue weighted by Gasteiger charge is 2.28. The molecule has 0 saturated carbocycles. The first-order valence-electron chi connectivity index (χ1n) is 8.73. The zero-order valence-corrected chi connectivity index (χ0v) is 15.3. The van der Waals surface area contributed by atoms with Crippen LogP contribution in [-0.2, 0) is 0 Å². The first kappa shape index (κ1) is 18.4. The van der Waals surface area contributed by atoms with E-state index < -0.39 is 5.97 Å². The van der Waals surface area contributed by atoms with E-state index in [-0.39, 0.29) is 23.1 Å². The van der Waals surface area contributed by atoms with E-state index in [0.29, 0.717) is 28.2 Å². The fraction of sp³-hybridized carbons (Fsp3) is 0.0435. The van der Waals surface area contributed by atoms with Crippen molar-refractivity contribution in [2.75, 3.05) is 7.11 Å². The number of ketones is 1. The van der Waals surface area contributed by atoms with E-state index in [1.807, 2.05) is 0 Å². The summed E-state index contributed by atoms with van der Waals surface area (Å²) in [5.41, 5.74) is 1.36. The maximum atomic E-state index is 13.0. The molecule has 0 amide bonds. The molecule has 1 aliphatic heterocycles. The fourth-order valence-corrected chi connectivity index (χ4v) is 2.83. The van der Waals surface area contributed by atoms with Crippen molar-refractivity contribution in [1.82, 2.24) is 0 Å². The Morgan fingerprint density at radius 3 is 2.34 bits per heavy atom. The number of esters is 1. The van der Waals surface area contributed by atoms with Crippen molar-refractivity contribution in [1.29, 1.82) is 0 Å². The minimum atomic E-state index is -0.543. The summed E-state index contributed by atoms with van der Waals surface area (Å²) in [5.74, 6) is 0.0919. The lowest BCUT2D eigenvalue weighted by Crippen LogP contribution is -2.08. The van der Waals surface area contributed by atoms with Gasteiger partial charge in [0.2, 0.25) is 5.78 Å². The highest BCUT2D eigenvalue weighted by atomic mass is 19.1. The highest BCUT2D eigenvalue weighted by Crippen LogP contribution is 2.35. The third-order valence-electron chi connectivity index (χ3n) is 4.35. The molecule has 1 aliphatic rings. The number of fused-ring (bicyclic) bond motifs is 1. The van der Waals surface area contributed by atoms with E-state index in [2.05, 4.69) is 0 Å².